The summed E-state index contributed by atoms with van der Waals surface area (Å²) in [5.41, 5.74) is -5.27. The maximum absolute atomic E-state index is 12.9. The van der Waals surface area contributed by atoms with E-state index in [1.165, 1.54) is 0 Å². The highest BCUT2D eigenvalue weighted by Gasteiger charge is 2.70. The number of aliphatic hydroxyl groups is 4. The number of alkyl halides is 1. The average molecular weight is 365 g/mol. The first-order valence-electron chi connectivity index (χ1n) is 7.34. The molecule has 0 bridgehead atoms. The van der Waals surface area contributed by atoms with Gasteiger partial charge in [0.1, 0.15) is 12.2 Å². The van der Waals surface area contributed by atoms with E-state index in [0.29, 0.717) is 4.57 Å². The Morgan fingerprint density at radius 3 is 2.52 bits per heavy atom. The number of aromatic nitrogens is 2. The molecule has 1 saturated heterocycles. The molecular formula is C13H20FN3O8. The minimum Gasteiger partial charge on any atom is -0.394 e. The number of rotatable bonds is 5. The van der Waals surface area contributed by atoms with Crippen LogP contribution < -0.4 is 11.2 Å². The zero-order valence-electron chi connectivity index (χ0n) is 13.5. The number of hydrogen-bond donors (Lipinski definition) is 6. The Labute approximate surface area is 140 Å². The lowest BCUT2D eigenvalue weighted by Gasteiger charge is -2.41. The van der Waals surface area contributed by atoms with Crippen LogP contribution in [0.25, 0.3) is 0 Å². The lowest BCUT2D eigenvalue weighted by atomic mass is 10.0. The van der Waals surface area contributed by atoms with E-state index in [4.69, 9.17) is 4.74 Å². The predicted molar refractivity (Wildman–Crippen MR) is 78.1 cm³/mol. The van der Waals surface area contributed by atoms with E-state index in [-0.39, 0.29) is 5.56 Å². The van der Waals surface area contributed by atoms with Crippen LogP contribution in [-0.2, 0) is 10.6 Å². The third kappa shape index (κ3) is 2.71. The van der Waals surface area contributed by atoms with Gasteiger partial charge < -0.3 is 30.4 Å². The molecule has 1 aromatic heterocycles. The van der Waals surface area contributed by atoms with Crippen LogP contribution in [0, 0.1) is 0 Å². The molecule has 0 amide bonds. The molecule has 1 aromatic rings. The number of aliphatic hydroxyl groups excluding tert-OH is 2. The molecular weight excluding hydrogens is 345 g/mol. The van der Waals surface area contributed by atoms with Gasteiger partial charge in [0, 0.05) is 11.8 Å². The zero-order chi connectivity index (χ0) is 19.2. The number of nitrogens with zero attached hydrogens (tertiary/aromatic N) is 2. The van der Waals surface area contributed by atoms with Crippen molar-refractivity contribution < 1.29 is 34.8 Å². The first kappa shape index (κ1) is 19.7. The van der Waals surface area contributed by atoms with Crippen LogP contribution in [0.4, 0.5) is 4.39 Å². The Kier molecular flexibility index (Phi) is 5.16. The number of hydrogen-bond acceptors (Lipinski definition) is 9. The van der Waals surface area contributed by atoms with Gasteiger partial charge in [-0.1, -0.05) is 13.8 Å². The second-order valence-electron chi connectivity index (χ2n) is 6.01. The average Bonchev–Trinajstić information content (AvgIpc) is 2.76. The summed E-state index contributed by atoms with van der Waals surface area (Å²) in [4.78, 5) is 25.8. The van der Waals surface area contributed by atoms with Crippen LogP contribution in [0.1, 0.15) is 25.3 Å². The molecule has 0 spiro atoms. The predicted octanol–water partition coefficient (Wildman–Crippen LogP) is -2.68. The van der Waals surface area contributed by atoms with Gasteiger partial charge in [-0.05, 0) is 5.92 Å². The fourth-order valence-corrected chi connectivity index (χ4v) is 2.72. The number of hydroxylamine groups is 2. The van der Waals surface area contributed by atoms with Crippen molar-refractivity contribution in [1.29, 1.82) is 0 Å². The second kappa shape index (κ2) is 6.57. The third-order valence-electron chi connectivity index (χ3n) is 4.16. The van der Waals surface area contributed by atoms with Gasteiger partial charge >= 0.3 is 11.6 Å². The van der Waals surface area contributed by atoms with E-state index in [1.807, 2.05) is 4.98 Å². The van der Waals surface area contributed by atoms with E-state index < -0.39 is 59.5 Å². The van der Waals surface area contributed by atoms with Gasteiger partial charge in [-0.15, -0.1) is 5.06 Å². The summed E-state index contributed by atoms with van der Waals surface area (Å²) in [6.07, 6.45) is -3.02. The highest BCUT2D eigenvalue weighted by molar-refractivity contribution is 5.12. The minimum atomic E-state index is -3.26. The lowest BCUT2D eigenvalue weighted by Crippen LogP contribution is -2.68. The fraction of sp³-hybridized carbons (Fsp3) is 0.692. The Hall–Kier alpha value is -1.67. The van der Waals surface area contributed by atoms with Gasteiger partial charge in [-0.2, -0.15) is 0 Å². The number of halogens is 1. The standard InChI is InChI=1S/C13H20FN3O8/c1-6(2)7-3-16(11(21)15-10(7)20)13(23)12(22,17(24)5-14)9(19)8(4-18)25-13/h3,6,8-9,18-19,22-24H,4-5H2,1-2H3,(H,15,20,21)/t8-,9-,12-,13+/m1/s1. The monoisotopic (exact) mass is 365 g/mol. The first-order chi connectivity index (χ1) is 11.5. The fourth-order valence-electron chi connectivity index (χ4n) is 2.72. The van der Waals surface area contributed by atoms with E-state index in [1.54, 1.807) is 13.8 Å². The molecule has 0 unspecified atom stereocenters. The van der Waals surface area contributed by atoms with Crippen molar-refractivity contribution in [3.63, 3.8) is 0 Å². The molecule has 2 heterocycles. The van der Waals surface area contributed by atoms with E-state index in [9.17, 15) is 39.6 Å². The summed E-state index contributed by atoms with van der Waals surface area (Å²) in [7, 11) is 0. The minimum absolute atomic E-state index is 0.00523. The number of aromatic amines is 1. The maximum Gasteiger partial charge on any atom is 0.332 e. The zero-order valence-corrected chi connectivity index (χ0v) is 13.5. The molecule has 25 heavy (non-hydrogen) atoms. The summed E-state index contributed by atoms with van der Waals surface area (Å²) in [5.74, 6) is -3.63. The van der Waals surface area contributed by atoms with Crippen LogP contribution in [0.15, 0.2) is 15.8 Å². The Bertz CT molecular complexity index is 752. The van der Waals surface area contributed by atoms with Crippen molar-refractivity contribution in [1.82, 2.24) is 14.6 Å². The molecule has 0 saturated carbocycles. The van der Waals surface area contributed by atoms with Crippen LogP contribution in [-0.4, -0.2) is 71.6 Å². The third-order valence-corrected chi connectivity index (χ3v) is 4.16. The van der Waals surface area contributed by atoms with Crippen molar-refractivity contribution in [3.05, 3.63) is 32.6 Å². The van der Waals surface area contributed by atoms with Gasteiger partial charge in [-0.25, -0.2) is 13.8 Å². The molecule has 11 nitrogen and oxygen atoms in total. The van der Waals surface area contributed by atoms with Crippen molar-refractivity contribution >= 4 is 0 Å². The van der Waals surface area contributed by atoms with Crippen LogP contribution >= 0.6 is 0 Å². The molecule has 1 aliphatic rings. The van der Waals surface area contributed by atoms with Gasteiger partial charge in [0.25, 0.3) is 5.56 Å². The Morgan fingerprint density at radius 1 is 1.44 bits per heavy atom. The van der Waals surface area contributed by atoms with Crippen molar-refractivity contribution in [2.24, 2.45) is 0 Å². The molecule has 0 aromatic carbocycles. The summed E-state index contributed by atoms with van der Waals surface area (Å²) in [5, 5.41) is 49.8. The lowest BCUT2D eigenvalue weighted by molar-refractivity contribution is -0.416. The summed E-state index contributed by atoms with van der Waals surface area (Å²) in [6, 6.07) is 0. The van der Waals surface area contributed by atoms with Crippen LogP contribution in [0.5, 0.6) is 0 Å². The molecule has 2 rings (SSSR count). The van der Waals surface area contributed by atoms with Gasteiger partial charge in [0.15, 0.2) is 6.80 Å². The smallest absolute Gasteiger partial charge is 0.332 e. The maximum atomic E-state index is 12.9. The molecule has 12 heteroatoms. The largest absolute Gasteiger partial charge is 0.394 e. The van der Waals surface area contributed by atoms with E-state index >= 15 is 0 Å². The number of nitrogens with one attached hydrogen (secondary N) is 1. The van der Waals surface area contributed by atoms with E-state index in [2.05, 4.69) is 0 Å². The summed E-state index contributed by atoms with van der Waals surface area (Å²) < 4.78 is 18.2. The first-order valence-corrected chi connectivity index (χ1v) is 7.34. The molecule has 1 aliphatic heterocycles. The molecule has 4 atom stereocenters. The molecule has 6 N–H and O–H groups in total. The second-order valence-corrected chi connectivity index (χ2v) is 6.01. The van der Waals surface area contributed by atoms with Gasteiger partial charge in [0.2, 0.25) is 5.72 Å². The van der Waals surface area contributed by atoms with Crippen molar-refractivity contribution in [2.75, 3.05) is 13.4 Å². The Morgan fingerprint density at radius 2 is 2.04 bits per heavy atom. The normalized spacial score (nSPS) is 32.7. The van der Waals surface area contributed by atoms with Crippen LogP contribution in [0.3, 0.4) is 0 Å². The molecule has 0 aliphatic carbocycles. The van der Waals surface area contributed by atoms with Crippen LogP contribution in [0.2, 0.25) is 0 Å². The van der Waals surface area contributed by atoms with Crippen molar-refractivity contribution in [2.45, 2.75) is 43.6 Å². The number of H-pyrrole nitrogens is 1. The highest BCUT2D eigenvalue weighted by atomic mass is 19.1. The van der Waals surface area contributed by atoms with Gasteiger partial charge in [-0.3, -0.25) is 9.78 Å². The molecule has 142 valence electrons. The Balaban J connectivity index is 2.76. The van der Waals surface area contributed by atoms with Gasteiger partial charge in [0.05, 0.1) is 6.61 Å². The highest BCUT2D eigenvalue weighted by Crippen LogP contribution is 2.43. The SMILES string of the molecule is CC(C)c1cn([C@@]2(O)O[C@H](CO)[C@@H](O)[C@]2(O)N(O)CF)c(=O)[nH]c1=O. The van der Waals surface area contributed by atoms with E-state index in [0.717, 1.165) is 6.20 Å². The number of ether oxygens (including phenoxy) is 1. The summed E-state index contributed by atoms with van der Waals surface area (Å²) >= 11 is 0. The topological polar surface area (TPSA) is 168 Å². The molecule has 1 fully saturated rings. The molecule has 0 radical (unpaired) electrons. The summed E-state index contributed by atoms with van der Waals surface area (Å²) in [6.45, 7) is 0.528. The van der Waals surface area contributed by atoms with Crippen molar-refractivity contribution in [3.8, 4) is 0 Å². The quantitative estimate of drug-likeness (QED) is 0.185.